The van der Waals surface area contributed by atoms with Gasteiger partial charge in [0.2, 0.25) is 0 Å². The number of piperidine rings is 1. The van der Waals surface area contributed by atoms with Crippen molar-refractivity contribution >= 4 is 28.2 Å². The van der Waals surface area contributed by atoms with E-state index in [4.69, 9.17) is 4.74 Å². The Morgan fingerprint density at radius 2 is 2.17 bits per heavy atom. The minimum absolute atomic E-state index is 0.00148. The van der Waals surface area contributed by atoms with Crippen LogP contribution in [0.5, 0.6) is 5.75 Å². The number of aryl methyl sites for hydroxylation is 2. The van der Waals surface area contributed by atoms with Crippen molar-refractivity contribution in [1.82, 2.24) is 9.88 Å². The summed E-state index contributed by atoms with van der Waals surface area (Å²) >= 11 is 1.82. The van der Waals surface area contributed by atoms with Crippen LogP contribution in [0.2, 0.25) is 0 Å². The first-order chi connectivity index (χ1) is 17.0. The van der Waals surface area contributed by atoms with Gasteiger partial charge in [0.05, 0.1) is 18.5 Å². The lowest BCUT2D eigenvalue weighted by molar-refractivity contribution is -0.146. The molecule has 3 aromatic rings. The topological polar surface area (TPSA) is 62.7 Å². The van der Waals surface area contributed by atoms with Crippen LogP contribution >= 0.6 is 11.3 Å². The van der Waals surface area contributed by atoms with Gasteiger partial charge in [-0.15, -0.1) is 11.3 Å². The second-order valence-electron chi connectivity index (χ2n) is 9.61. The van der Waals surface area contributed by atoms with Crippen LogP contribution in [0.4, 0.5) is 4.39 Å². The highest BCUT2D eigenvalue weighted by Gasteiger charge is 2.34. The van der Waals surface area contributed by atoms with Crippen molar-refractivity contribution in [3.63, 3.8) is 0 Å². The lowest BCUT2D eigenvalue weighted by Crippen LogP contribution is -2.44. The number of aliphatic carboxylic acids is 1. The highest BCUT2D eigenvalue weighted by molar-refractivity contribution is 7.10. The van der Waals surface area contributed by atoms with Crippen LogP contribution in [-0.4, -0.2) is 47.7 Å². The van der Waals surface area contributed by atoms with Crippen molar-refractivity contribution in [3.8, 4) is 5.75 Å². The highest BCUT2D eigenvalue weighted by atomic mass is 32.1. The molecule has 1 fully saturated rings. The van der Waals surface area contributed by atoms with Gasteiger partial charge in [-0.1, -0.05) is 0 Å². The second-order valence-corrected chi connectivity index (χ2v) is 10.6. The average molecular weight is 499 g/mol. The average Bonchev–Trinajstić information content (AvgIpc) is 3.29. The van der Waals surface area contributed by atoms with Gasteiger partial charge in [-0.2, -0.15) is 0 Å². The number of benzene rings is 1. The van der Waals surface area contributed by atoms with Crippen LogP contribution in [0.15, 0.2) is 41.9 Å². The number of aromatic nitrogens is 1. The molecule has 1 saturated heterocycles. The number of ether oxygens (including phenoxy) is 1. The highest BCUT2D eigenvalue weighted by Crippen LogP contribution is 2.35. The van der Waals surface area contributed by atoms with Gasteiger partial charge in [-0.25, -0.2) is 4.39 Å². The van der Waals surface area contributed by atoms with Gasteiger partial charge in [0.15, 0.2) is 0 Å². The number of hydrogen-bond donors (Lipinski definition) is 1. The summed E-state index contributed by atoms with van der Waals surface area (Å²) in [7, 11) is 1.59. The number of fused-ring (bicyclic) bond motifs is 1. The van der Waals surface area contributed by atoms with Crippen LogP contribution in [0.1, 0.15) is 54.3 Å². The van der Waals surface area contributed by atoms with Crippen molar-refractivity contribution < 1.29 is 19.0 Å². The summed E-state index contributed by atoms with van der Waals surface area (Å²) in [6.07, 6.45) is 5.43. The molecule has 1 aliphatic rings. The molecular weight excluding hydrogens is 463 g/mol. The van der Waals surface area contributed by atoms with Crippen molar-refractivity contribution in [2.45, 2.75) is 51.6 Å². The number of carbonyl (C=O) groups is 1. The maximum atomic E-state index is 15.4. The molecule has 7 heteroatoms. The molecule has 0 saturated carbocycles. The van der Waals surface area contributed by atoms with E-state index in [9.17, 15) is 9.90 Å². The van der Waals surface area contributed by atoms with E-state index in [1.165, 1.54) is 10.4 Å². The molecule has 1 aromatic carbocycles. The maximum Gasteiger partial charge on any atom is 0.308 e. The summed E-state index contributed by atoms with van der Waals surface area (Å²) in [6.45, 7) is 4.53. The lowest BCUT2D eigenvalue weighted by atomic mass is 9.81. The van der Waals surface area contributed by atoms with Crippen LogP contribution in [0.25, 0.3) is 10.9 Å². The lowest BCUT2D eigenvalue weighted by Gasteiger charge is -2.37. The largest absolute Gasteiger partial charge is 0.497 e. The van der Waals surface area contributed by atoms with Crippen LogP contribution in [-0.2, 0) is 11.2 Å². The monoisotopic (exact) mass is 498 g/mol. The zero-order valence-corrected chi connectivity index (χ0v) is 21.4. The molecule has 1 N–H and O–H groups in total. The van der Waals surface area contributed by atoms with Gasteiger partial charge in [-0.3, -0.25) is 9.78 Å². The predicted molar refractivity (Wildman–Crippen MR) is 139 cm³/mol. The normalized spacial score (nSPS) is 19.6. The number of rotatable bonds is 11. The van der Waals surface area contributed by atoms with Gasteiger partial charge < -0.3 is 14.7 Å². The molecule has 188 valence electrons. The van der Waals surface area contributed by atoms with Crippen LogP contribution < -0.4 is 4.74 Å². The third-order valence-electron chi connectivity index (χ3n) is 7.36. The summed E-state index contributed by atoms with van der Waals surface area (Å²) in [4.78, 5) is 20.1. The number of alkyl halides is 1. The van der Waals surface area contributed by atoms with E-state index in [1.54, 1.807) is 19.4 Å². The zero-order chi connectivity index (χ0) is 24.8. The van der Waals surface area contributed by atoms with Gasteiger partial charge in [0, 0.05) is 23.0 Å². The first kappa shape index (κ1) is 25.6. The van der Waals surface area contributed by atoms with Crippen molar-refractivity contribution in [2.24, 2.45) is 11.8 Å². The Hall–Kier alpha value is -2.51. The Kier molecular flexibility index (Phi) is 8.74. The molecule has 0 aliphatic carbocycles. The van der Waals surface area contributed by atoms with E-state index in [1.807, 2.05) is 29.5 Å². The Bertz CT molecular complexity index is 1130. The second kappa shape index (κ2) is 12.0. The molecule has 1 unspecified atom stereocenters. The molecule has 2 aromatic heterocycles. The quantitative estimate of drug-likeness (QED) is 0.308. The number of carboxylic acid groups (broad SMARTS) is 1. The summed E-state index contributed by atoms with van der Waals surface area (Å²) in [5.74, 6) is -0.533. The summed E-state index contributed by atoms with van der Waals surface area (Å²) in [5.41, 5.74) is 2.70. The minimum Gasteiger partial charge on any atom is -0.497 e. The molecule has 0 radical (unpaired) electrons. The zero-order valence-electron chi connectivity index (χ0n) is 20.6. The molecule has 5 nitrogen and oxygen atoms in total. The van der Waals surface area contributed by atoms with E-state index >= 15 is 4.39 Å². The SMILES string of the molecule is COc1ccc2nccc(C(F)CC[C@@H]3CCN(CCCCc4sccc4C)C[C@@H]3C(=O)O)c2c1. The fourth-order valence-electron chi connectivity index (χ4n) is 5.24. The molecule has 0 amide bonds. The maximum absolute atomic E-state index is 15.4. The van der Waals surface area contributed by atoms with E-state index in [2.05, 4.69) is 28.3 Å². The Morgan fingerprint density at radius 3 is 2.91 bits per heavy atom. The third-order valence-corrected chi connectivity index (χ3v) is 8.45. The van der Waals surface area contributed by atoms with E-state index < -0.39 is 18.1 Å². The van der Waals surface area contributed by atoms with Crippen LogP contribution in [0.3, 0.4) is 0 Å². The number of hydrogen-bond acceptors (Lipinski definition) is 5. The first-order valence-corrected chi connectivity index (χ1v) is 13.4. The number of thiophene rings is 1. The molecule has 3 atom stereocenters. The van der Waals surface area contributed by atoms with Crippen molar-refractivity contribution in [2.75, 3.05) is 26.7 Å². The number of unbranched alkanes of at least 4 members (excludes halogenated alkanes) is 1. The molecule has 0 bridgehead atoms. The summed E-state index contributed by atoms with van der Waals surface area (Å²) in [5, 5.41) is 12.8. The van der Waals surface area contributed by atoms with Gasteiger partial charge in [0.25, 0.3) is 0 Å². The van der Waals surface area contributed by atoms with E-state index in [0.717, 1.165) is 49.7 Å². The summed E-state index contributed by atoms with van der Waals surface area (Å²) < 4.78 is 20.7. The van der Waals surface area contributed by atoms with Gasteiger partial charge in [0.1, 0.15) is 11.9 Å². The third kappa shape index (κ3) is 6.39. The number of halogens is 1. The molecule has 35 heavy (non-hydrogen) atoms. The molecule has 4 rings (SSSR count). The van der Waals surface area contributed by atoms with Crippen LogP contribution in [0, 0.1) is 18.8 Å². The van der Waals surface area contributed by atoms with E-state index in [-0.39, 0.29) is 5.92 Å². The summed E-state index contributed by atoms with van der Waals surface area (Å²) in [6, 6.07) is 9.37. The smallest absolute Gasteiger partial charge is 0.308 e. The number of pyridine rings is 1. The number of likely N-dealkylation sites (tertiary alicyclic amines) is 1. The Labute approximate surface area is 210 Å². The van der Waals surface area contributed by atoms with Gasteiger partial charge in [-0.05, 0) is 111 Å². The van der Waals surface area contributed by atoms with Gasteiger partial charge >= 0.3 is 5.97 Å². The minimum atomic E-state index is -1.17. The molecule has 0 spiro atoms. The predicted octanol–water partition coefficient (Wildman–Crippen LogP) is 6.45. The Morgan fingerprint density at radius 1 is 1.31 bits per heavy atom. The number of carboxylic acids is 1. The molecule has 1 aliphatic heterocycles. The molecular formula is C28H35FN2O3S. The van der Waals surface area contributed by atoms with Crippen molar-refractivity contribution in [1.29, 1.82) is 0 Å². The molecule has 3 heterocycles. The number of nitrogens with zero attached hydrogens (tertiary/aromatic N) is 2. The number of methoxy groups -OCH3 is 1. The van der Waals surface area contributed by atoms with E-state index in [0.29, 0.717) is 30.7 Å². The standard InChI is InChI=1S/C28H35FN2O3S/c1-19-12-16-35-27(19)5-3-4-14-31-15-11-20(24(18-31)28(32)33)6-8-25(29)22-10-13-30-26-9-7-21(34-2)17-23(22)26/h7,9-10,12-13,16-17,20,24-25H,3-6,8,11,14-15,18H2,1-2H3,(H,32,33)/t20-,24+,25?/m1/s1. The fraction of sp³-hybridized carbons (Fsp3) is 0.500. The fourth-order valence-corrected chi connectivity index (χ4v) is 6.19. The van der Waals surface area contributed by atoms with Crippen molar-refractivity contribution in [3.05, 3.63) is 57.9 Å². The first-order valence-electron chi connectivity index (χ1n) is 12.5. The Balaban J connectivity index is 1.30.